The monoisotopic (exact) mass is 330 g/mol. The molecule has 11 heavy (non-hydrogen) atoms. The summed E-state index contributed by atoms with van der Waals surface area (Å²) < 4.78 is 0. The van der Waals surface area contributed by atoms with E-state index in [2.05, 4.69) is 4.98 Å². The number of carboxylic acids is 1. The standard InChI is InChI=1S/C7H7NO2.Ir/c1-5-3-2-4-6(8-5)7(9)10;/h2-4H,1H3,(H,9,10);. The third-order valence-electron chi connectivity index (χ3n) is 1.11. The van der Waals surface area contributed by atoms with Gasteiger partial charge in [0.1, 0.15) is 5.69 Å². The molecule has 3 nitrogen and oxygen atoms in total. The van der Waals surface area contributed by atoms with Crippen molar-refractivity contribution in [3.05, 3.63) is 29.6 Å². The number of nitrogens with zero attached hydrogens (tertiary/aromatic N) is 1. The van der Waals surface area contributed by atoms with Gasteiger partial charge in [-0.05, 0) is 19.1 Å². The molecule has 1 radical (unpaired) electrons. The van der Waals surface area contributed by atoms with Crippen LogP contribution in [0.4, 0.5) is 0 Å². The van der Waals surface area contributed by atoms with Gasteiger partial charge in [0.05, 0.1) is 0 Å². The Kier molecular flexibility index (Phi) is 3.93. The van der Waals surface area contributed by atoms with Crippen molar-refractivity contribution in [2.75, 3.05) is 0 Å². The van der Waals surface area contributed by atoms with Crippen LogP contribution < -0.4 is 0 Å². The van der Waals surface area contributed by atoms with Crippen molar-refractivity contribution in [2.24, 2.45) is 0 Å². The predicted octanol–water partition coefficient (Wildman–Crippen LogP) is 1.09. The molecule has 0 unspecified atom stereocenters. The summed E-state index contributed by atoms with van der Waals surface area (Å²) in [7, 11) is 0. The third kappa shape index (κ3) is 2.78. The first-order valence-corrected chi connectivity index (χ1v) is 2.87. The van der Waals surface area contributed by atoms with Crippen molar-refractivity contribution in [3.8, 4) is 0 Å². The zero-order valence-electron chi connectivity index (χ0n) is 5.87. The first-order chi connectivity index (χ1) is 4.70. The Morgan fingerprint density at radius 3 is 2.55 bits per heavy atom. The van der Waals surface area contributed by atoms with Crippen LogP contribution in [0.15, 0.2) is 18.2 Å². The largest absolute Gasteiger partial charge is 0.477 e. The molecule has 0 saturated heterocycles. The summed E-state index contributed by atoms with van der Waals surface area (Å²) in [6.07, 6.45) is 0. The number of carbonyl (C=O) groups is 1. The maximum absolute atomic E-state index is 10.3. The molecule has 1 aromatic heterocycles. The topological polar surface area (TPSA) is 50.2 Å². The molecule has 1 rings (SSSR count). The van der Waals surface area contributed by atoms with E-state index in [0.717, 1.165) is 5.69 Å². The molecule has 0 atom stereocenters. The van der Waals surface area contributed by atoms with Gasteiger partial charge in [-0.25, -0.2) is 9.78 Å². The summed E-state index contributed by atoms with van der Waals surface area (Å²) in [5, 5.41) is 8.45. The van der Waals surface area contributed by atoms with E-state index in [1.165, 1.54) is 6.07 Å². The van der Waals surface area contributed by atoms with E-state index >= 15 is 0 Å². The van der Waals surface area contributed by atoms with E-state index in [0.29, 0.717) is 0 Å². The molecule has 0 saturated carbocycles. The summed E-state index contributed by atoms with van der Waals surface area (Å²) in [6.45, 7) is 1.76. The molecule has 0 amide bonds. The number of hydrogen-bond acceptors (Lipinski definition) is 2. The van der Waals surface area contributed by atoms with Crippen molar-refractivity contribution in [2.45, 2.75) is 6.92 Å². The molecule has 0 fully saturated rings. The molecule has 0 spiro atoms. The second kappa shape index (κ2) is 4.21. The van der Waals surface area contributed by atoms with Gasteiger partial charge in [-0.1, -0.05) is 6.07 Å². The maximum Gasteiger partial charge on any atom is 0.354 e. The van der Waals surface area contributed by atoms with E-state index in [-0.39, 0.29) is 25.8 Å². The number of pyridine rings is 1. The first kappa shape index (κ1) is 10.3. The smallest absolute Gasteiger partial charge is 0.354 e. The Labute approximate surface area is 77.8 Å². The molecule has 0 aliphatic heterocycles. The van der Waals surface area contributed by atoms with Crippen LogP contribution in [0.1, 0.15) is 16.2 Å². The number of rotatable bonds is 1. The van der Waals surface area contributed by atoms with Crippen molar-refractivity contribution in [1.29, 1.82) is 0 Å². The Morgan fingerprint density at radius 1 is 1.55 bits per heavy atom. The fourth-order valence-electron chi connectivity index (χ4n) is 0.662. The van der Waals surface area contributed by atoms with Crippen LogP contribution >= 0.6 is 0 Å². The predicted molar refractivity (Wildman–Crippen MR) is 35.9 cm³/mol. The molecule has 61 valence electrons. The second-order valence-corrected chi connectivity index (χ2v) is 1.97. The molecule has 1 N–H and O–H groups in total. The van der Waals surface area contributed by atoms with Crippen LogP contribution in [0, 0.1) is 6.92 Å². The summed E-state index contributed by atoms with van der Waals surface area (Å²) in [6, 6.07) is 4.90. The normalized spacial score (nSPS) is 8.45. The second-order valence-electron chi connectivity index (χ2n) is 1.97. The molecule has 4 heteroatoms. The molecule has 0 aromatic carbocycles. The number of hydrogen-bond donors (Lipinski definition) is 1. The molecule has 0 aliphatic rings. The van der Waals surface area contributed by atoms with Crippen molar-refractivity contribution < 1.29 is 30.0 Å². The fraction of sp³-hybridized carbons (Fsp3) is 0.143. The average molecular weight is 329 g/mol. The van der Waals surface area contributed by atoms with Gasteiger partial charge in [0.15, 0.2) is 0 Å². The van der Waals surface area contributed by atoms with Crippen molar-refractivity contribution >= 4 is 5.97 Å². The van der Waals surface area contributed by atoms with E-state index in [4.69, 9.17) is 5.11 Å². The van der Waals surface area contributed by atoms with Gasteiger partial charge >= 0.3 is 5.97 Å². The summed E-state index contributed by atoms with van der Waals surface area (Å²) in [5.41, 5.74) is 0.819. The van der Waals surface area contributed by atoms with E-state index in [9.17, 15) is 4.79 Å². The molecular formula is C7H7IrNO2. The van der Waals surface area contributed by atoms with Crippen LogP contribution in [-0.4, -0.2) is 16.1 Å². The number of carboxylic acid groups (broad SMARTS) is 1. The van der Waals surface area contributed by atoms with Crippen LogP contribution in [-0.2, 0) is 20.1 Å². The Balaban J connectivity index is 0.000001000. The minimum absolute atomic E-state index is 0. The van der Waals surface area contributed by atoms with Gasteiger partial charge in [-0.15, -0.1) is 0 Å². The zero-order valence-corrected chi connectivity index (χ0v) is 8.26. The van der Waals surface area contributed by atoms with Gasteiger partial charge in [0.2, 0.25) is 0 Å². The van der Waals surface area contributed by atoms with E-state index in [1.54, 1.807) is 19.1 Å². The number of aromatic carboxylic acids is 1. The van der Waals surface area contributed by atoms with Crippen LogP contribution in [0.5, 0.6) is 0 Å². The summed E-state index contributed by atoms with van der Waals surface area (Å²) in [5.74, 6) is -0.983. The SMILES string of the molecule is Cc1cccc(C(=O)O)n1.[Ir]. The molecule has 1 aromatic rings. The third-order valence-corrected chi connectivity index (χ3v) is 1.11. The molecular weight excluding hydrogens is 322 g/mol. The molecule has 1 heterocycles. The summed E-state index contributed by atoms with van der Waals surface area (Å²) in [4.78, 5) is 14.1. The Bertz CT molecular complexity index is 262. The van der Waals surface area contributed by atoms with Crippen LogP contribution in [0.3, 0.4) is 0 Å². The summed E-state index contributed by atoms with van der Waals surface area (Å²) >= 11 is 0. The van der Waals surface area contributed by atoms with E-state index < -0.39 is 5.97 Å². The van der Waals surface area contributed by atoms with Crippen molar-refractivity contribution in [3.63, 3.8) is 0 Å². The quantitative estimate of drug-likeness (QED) is 0.839. The molecule has 0 aliphatic carbocycles. The van der Waals surface area contributed by atoms with Crippen LogP contribution in [0.2, 0.25) is 0 Å². The van der Waals surface area contributed by atoms with Gasteiger partial charge in [0, 0.05) is 25.8 Å². The minimum atomic E-state index is -0.983. The fourth-order valence-corrected chi connectivity index (χ4v) is 0.662. The molecule has 0 bridgehead atoms. The number of aryl methyl sites for hydroxylation is 1. The van der Waals surface area contributed by atoms with Gasteiger partial charge < -0.3 is 5.11 Å². The van der Waals surface area contributed by atoms with Crippen molar-refractivity contribution in [1.82, 2.24) is 4.98 Å². The van der Waals surface area contributed by atoms with Gasteiger partial charge in [-0.3, -0.25) is 0 Å². The van der Waals surface area contributed by atoms with E-state index in [1.807, 2.05) is 0 Å². The number of aromatic nitrogens is 1. The maximum atomic E-state index is 10.3. The zero-order chi connectivity index (χ0) is 7.56. The first-order valence-electron chi connectivity index (χ1n) is 2.87. The Morgan fingerprint density at radius 2 is 2.18 bits per heavy atom. The van der Waals surface area contributed by atoms with Gasteiger partial charge in [-0.2, -0.15) is 0 Å². The van der Waals surface area contributed by atoms with Gasteiger partial charge in [0.25, 0.3) is 0 Å². The average Bonchev–Trinajstić information content (AvgIpc) is 1.88. The minimum Gasteiger partial charge on any atom is -0.477 e. The Hall–Kier alpha value is -0.731. The van der Waals surface area contributed by atoms with Crippen LogP contribution in [0.25, 0.3) is 0 Å².